The summed E-state index contributed by atoms with van der Waals surface area (Å²) in [6.45, 7) is -2.81. The van der Waals surface area contributed by atoms with Crippen molar-refractivity contribution >= 4 is 23.4 Å². The second-order valence-electron chi connectivity index (χ2n) is 5.43. The van der Waals surface area contributed by atoms with Gasteiger partial charge in [-0.15, -0.1) is 0 Å². The molecule has 0 fully saturated rings. The van der Waals surface area contributed by atoms with Crippen LogP contribution in [-0.4, -0.2) is 36.9 Å². The predicted molar refractivity (Wildman–Crippen MR) is 93.3 cm³/mol. The van der Waals surface area contributed by atoms with Crippen LogP contribution < -0.4 is 10.1 Å². The second-order valence-corrected chi connectivity index (χ2v) is 5.84. The molecule has 1 N–H and O–H groups in total. The van der Waals surface area contributed by atoms with Crippen molar-refractivity contribution in [2.24, 2.45) is 0 Å². The summed E-state index contributed by atoms with van der Waals surface area (Å²) in [5.74, 6) is -0.700. The first-order valence-electron chi connectivity index (χ1n) is 7.67. The van der Waals surface area contributed by atoms with E-state index in [9.17, 15) is 18.4 Å². The Morgan fingerprint density at radius 3 is 2.42 bits per heavy atom. The number of carbonyl (C=O) groups is 2. The SMILES string of the molecule is CN(Cc1ccc(OC(F)F)cc1)C(=O)CNC(=O)c1ccccc1Cl. The van der Waals surface area contributed by atoms with Gasteiger partial charge in [0.2, 0.25) is 5.91 Å². The molecule has 5 nitrogen and oxygen atoms in total. The molecule has 2 rings (SSSR count). The lowest BCUT2D eigenvalue weighted by Crippen LogP contribution is -2.37. The van der Waals surface area contributed by atoms with Crippen LogP contribution in [0.3, 0.4) is 0 Å². The molecule has 0 radical (unpaired) electrons. The second kappa shape index (κ2) is 9.15. The van der Waals surface area contributed by atoms with E-state index >= 15 is 0 Å². The Hall–Kier alpha value is -2.67. The van der Waals surface area contributed by atoms with Crippen LogP contribution in [0.2, 0.25) is 5.02 Å². The minimum atomic E-state index is -2.88. The van der Waals surface area contributed by atoms with Gasteiger partial charge >= 0.3 is 6.61 Å². The van der Waals surface area contributed by atoms with Gasteiger partial charge < -0.3 is 15.0 Å². The number of benzene rings is 2. The van der Waals surface area contributed by atoms with E-state index in [0.717, 1.165) is 5.56 Å². The lowest BCUT2D eigenvalue weighted by Gasteiger charge is -2.18. The van der Waals surface area contributed by atoms with E-state index in [4.69, 9.17) is 11.6 Å². The van der Waals surface area contributed by atoms with Crippen LogP contribution in [0.5, 0.6) is 5.75 Å². The van der Waals surface area contributed by atoms with Crippen molar-refractivity contribution in [3.63, 3.8) is 0 Å². The summed E-state index contributed by atoms with van der Waals surface area (Å²) in [6.07, 6.45) is 0. The Labute approximate surface area is 154 Å². The van der Waals surface area contributed by atoms with E-state index in [1.54, 1.807) is 43.4 Å². The van der Waals surface area contributed by atoms with Gasteiger partial charge in [0.25, 0.3) is 5.91 Å². The highest BCUT2D eigenvalue weighted by Crippen LogP contribution is 2.16. The quantitative estimate of drug-likeness (QED) is 0.799. The summed E-state index contributed by atoms with van der Waals surface area (Å²) in [6, 6.07) is 12.5. The normalized spacial score (nSPS) is 10.5. The van der Waals surface area contributed by atoms with Crippen LogP contribution in [0.1, 0.15) is 15.9 Å². The molecule has 0 aromatic heterocycles. The molecule has 2 aromatic carbocycles. The molecule has 138 valence electrons. The third-order valence-corrected chi connectivity index (χ3v) is 3.84. The molecule has 26 heavy (non-hydrogen) atoms. The number of ether oxygens (including phenoxy) is 1. The summed E-state index contributed by atoms with van der Waals surface area (Å²) in [5.41, 5.74) is 1.03. The smallest absolute Gasteiger partial charge is 0.387 e. The van der Waals surface area contributed by atoms with Gasteiger partial charge in [0.05, 0.1) is 17.1 Å². The first-order chi connectivity index (χ1) is 12.4. The van der Waals surface area contributed by atoms with Crippen molar-refractivity contribution < 1.29 is 23.1 Å². The Kier molecular flexibility index (Phi) is 6.91. The standard InChI is InChI=1S/C18H17ClF2N2O3/c1-23(11-12-6-8-13(9-7-12)26-18(20)21)16(24)10-22-17(25)14-4-2-3-5-15(14)19/h2-9,18H,10-11H2,1H3,(H,22,25). The number of carbonyl (C=O) groups excluding carboxylic acids is 2. The topological polar surface area (TPSA) is 58.6 Å². The molecule has 0 unspecified atom stereocenters. The fraction of sp³-hybridized carbons (Fsp3) is 0.222. The molecule has 0 heterocycles. The van der Waals surface area contributed by atoms with Crippen molar-refractivity contribution in [2.45, 2.75) is 13.2 Å². The molecule has 2 aromatic rings. The zero-order valence-electron chi connectivity index (χ0n) is 13.9. The maximum absolute atomic E-state index is 12.1. The number of rotatable bonds is 7. The van der Waals surface area contributed by atoms with E-state index in [2.05, 4.69) is 10.1 Å². The average Bonchev–Trinajstić information content (AvgIpc) is 2.61. The minimum Gasteiger partial charge on any atom is -0.435 e. The average molecular weight is 383 g/mol. The van der Waals surface area contributed by atoms with Crippen LogP contribution in [0.15, 0.2) is 48.5 Å². The summed E-state index contributed by atoms with van der Waals surface area (Å²) in [4.78, 5) is 25.6. The lowest BCUT2D eigenvalue weighted by atomic mass is 10.2. The fourth-order valence-electron chi connectivity index (χ4n) is 2.17. The van der Waals surface area contributed by atoms with Gasteiger partial charge in [-0.05, 0) is 29.8 Å². The van der Waals surface area contributed by atoms with Crippen LogP contribution >= 0.6 is 11.6 Å². The Morgan fingerprint density at radius 1 is 1.15 bits per heavy atom. The van der Waals surface area contributed by atoms with Gasteiger partial charge in [0.1, 0.15) is 5.75 Å². The van der Waals surface area contributed by atoms with Crippen molar-refractivity contribution in [3.8, 4) is 5.75 Å². The van der Waals surface area contributed by atoms with Crippen LogP contribution in [0.25, 0.3) is 0 Å². The van der Waals surface area contributed by atoms with Gasteiger partial charge in [-0.1, -0.05) is 35.9 Å². The zero-order chi connectivity index (χ0) is 19.1. The van der Waals surface area contributed by atoms with E-state index in [1.165, 1.54) is 17.0 Å². The van der Waals surface area contributed by atoms with Gasteiger partial charge in [-0.3, -0.25) is 9.59 Å². The summed E-state index contributed by atoms with van der Waals surface area (Å²) < 4.78 is 28.5. The fourth-order valence-corrected chi connectivity index (χ4v) is 2.39. The molecule has 0 saturated heterocycles. The van der Waals surface area contributed by atoms with Gasteiger partial charge in [0.15, 0.2) is 0 Å². The maximum Gasteiger partial charge on any atom is 0.387 e. The van der Waals surface area contributed by atoms with E-state index in [0.29, 0.717) is 10.6 Å². The van der Waals surface area contributed by atoms with Gasteiger partial charge in [0, 0.05) is 13.6 Å². The molecule has 2 amide bonds. The largest absolute Gasteiger partial charge is 0.435 e. The molecular weight excluding hydrogens is 366 g/mol. The first kappa shape index (κ1) is 19.7. The monoisotopic (exact) mass is 382 g/mol. The summed E-state index contributed by atoms with van der Waals surface area (Å²) in [5, 5.41) is 2.82. The molecule has 0 aliphatic carbocycles. The summed E-state index contributed by atoms with van der Waals surface area (Å²) >= 11 is 5.94. The third kappa shape index (κ3) is 5.70. The Bertz CT molecular complexity index is 769. The highest BCUT2D eigenvalue weighted by Gasteiger charge is 2.14. The highest BCUT2D eigenvalue weighted by atomic mass is 35.5. The van der Waals surface area contributed by atoms with Crippen LogP contribution in [-0.2, 0) is 11.3 Å². The van der Waals surface area contributed by atoms with E-state index in [1.807, 2.05) is 0 Å². The minimum absolute atomic E-state index is 0.0460. The Morgan fingerprint density at radius 2 is 1.81 bits per heavy atom. The number of nitrogens with zero attached hydrogens (tertiary/aromatic N) is 1. The lowest BCUT2D eigenvalue weighted by molar-refractivity contribution is -0.129. The molecule has 0 atom stereocenters. The van der Waals surface area contributed by atoms with E-state index < -0.39 is 12.5 Å². The van der Waals surface area contributed by atoms with Crippen molar-refractivity contribution in [1.29, 1.82) is 0 Å². The number of likely N-dealkylation sites (N-methyl/N-ethyl adjacent to an activating group) is 1. The molecular formula is C18H17ClF2N2O3. The number of alkyl halides is 2. The molecule has 0 aliphatic rings. The highest BCUT2D eigenvalue weighted by molar-refractivity contribution is 6.33. The number of hydrogen-bond acceptors (Lipinski definition) is 3. The van der Waals surface area contributed by atoms with Crippen molar-refractivity contribution in [3.05, 3.63) is 64.7 Å². The van der Waals surface area contributed by atoms with E-state index in [-0.39, 0.29) is 24.7 Å². The predicted octanol–water partition coefficient (Wildman–Crippen LogP) is 3.33. The first-order valence-corrected chi connectivity index (χ1v) is 8.05. The number of hydrogen-bond donors (Lipinski definition) is 1. The maximum atomic E-state index is 12.1. The van der Waals surface area contributed by atoms with Gasteiger partial charge in [-0.25, -0.2) is 0 Å². The number of amides is 2. The molecule has 0 saturated carbocycles. The van der Waals surface area contributed by atoms with Crippen molar-refractivity contribution in [1.82, 2.24) is 10.2 Å². The Balaban J connectivity index is 1.85. The van der Waals surface area contributed by atoms with Crippen molar-refractivity contribution in [2.75, 3.05) is 13.6 Å². The summed E-state index contributed by atoms with van der Waals surface area (Å²) in [7, 11) is 1.58. The number of halogens is 3. The zero-order valence-corrected chi connectivity index (χ0v) is 14.7. The van der Waals surface area contributed by atoms with Crippen LogP contribution in [0.4, 0.5) is 8.78 Å². The molecule has 0 spiro atoms. The van der Waals surface area contributed by atoms with Gasteiger partial charge in [-0.2, -0.15) is 8.78 Å². The molecule has 0 bridgehead atoms. The molecule has 0 aliphatic heterocycles. The molecule has 8 heteroatoms. The number of nitrogens with one attached hydrogen (secondary N) is 1. The third-order valence-electron chi connectivity index (χ3n) is 3.51. The van der Waals surface area contributed by atoms with Crippen LogP contribution in [0, 0.1) is 0 Å².